The van der Waals surface area contributed by atoms with Crippen LogP contribution >= 0.6 is 0 Å². The van der Waals surface area contributed by atoms with Gasteiger partial charge in [-0.3, -0.25) is 14.4 Å². The summed E-state index contributed by atoms with van der Waals surface area (Å²) in [5, 5.41) is 4.45. The molecule has 1 saturated carbocycles. The van der Waals surface area contributed by atoms with E-state index in [-0.39, 0.29) is 11.7 Å². The van der Waals surface area contributed by atoms with Crippen LogP contribution in [0, 0.1) is 0 Å². The van der Waals surface area contributed by atoms with Crippen molar-refractivity contribution in [3.63, 3.8) is 0 Å². The van der Waals surface area contributed by atoms with Gasteiger partial charge in [0.2, 0.25) is 0 Å². The van der Waals surface area contributed by atoms with Crippen molar-refractivity contribution < 1.29 is 13.2 Å². The maximum Gasteiger partial charge on any atom is 0.272 e. The fourth-order valence-electron chi connectivity index (χ4n) is 2.90. The lowest BCUT2D eigenvalue weighted by Gasteiger charge is -2.34. The van der Waals surface area contributed by atoms with Gasteiger partial charge in [-0.2, -0.15) is 5.10 Å². The Balaban J connectivity index is 1.56. The van der Waals surface area contributed by atoms with Crippen LogP contribution in [0.25, 0.3) is 0 Å². The summed E-state index contributed by atoms with van der Waals surface area (Å²) in [6.07, 6.45) is 3.60. The van der Waals surface area contributed by atoms with E-state index in [9.17, 15) is 13.2 Å². The molecule has 3 rings (SSSR count). The monoisotopic (exact) mass is 340 g/mol. The molecule has 1 aromatic heterocycles. The highest BCUT2D eigenvalue weighted by atomic mass is 32.2. The molecule has 0 N–H and O–H groups in total. The fraction of sp³-hybridized carbons (Fsp3) is 0.733. The number of rotatable bonds is 5. The van der Waals surface area contributed by atoms with Crippen molar-refractivity contribution in [2.45, 2.75) is 18.8 Å². The van der Waals surface area contributed by atoms with Crippen LogP contribution in [-0.2, 0) is 16.9 Å². The largest absolute Gasteiger partial charge is 0.335 e. The number of carbonyl (C=O) groups is 1. The third-order valence-corrected chi connectivity index (χ3v) is 5.48. The van der Waals surface area contributed by atoms with Gasteiger partial charge in [0.15, 0.2) is 0 Å². The summed E-state index contributed by atoms with van der Waals surface area (Å²) in [6.45, 7) is 3.24. The molecule has 0 spiro atoms. The van der Waals surface area contributed by atoms with Crippen molar-refractivity contribution >= 4 is 15.7 Å². The van der Waals surface area contributed by atoms with E-state index < -0.39 is 9.84 Å². The van der Waals surface area contributed by atoms with Gasteiger partial charge < -0.3 is 4.90 Å². The molecule has 1 saturated heterocycles. The van der Waals surface area contributed by atoms with Crippen LogP contribution in [0.4, 0.5) is 0 Å². The number of aryl methyl sites for hydroxylation is 1. The van der Waals surface area contributed by atoms with Gasteiger partial charge in [0.25, 0.3) is 5.91 Å². The molecular weight excluding hydrogens is 316 g/mol. The quantitative estimate of drug-likeness (QED) is 0.760. The minimum atomic E-state index is -2.94. The van der Waals surface area contributed by atoms with E-state index in [1.807, 2.05) is 18.0 Å². The normalized spacial score (nSPS) is 20.0. The zero-order valence-corrected chi connectivity index (χ0v) is 14.5. The SMILES string of the molecule is Cn1nc(C2CC2)cc1C(=O)N1CCN(CCS(C)(=O)=O)CC1. The lowest BCUT2D eigenvalue weighted by molar-refractivity contribution is 0.0633. The predicted molar refractivity (Wildman–Crippen MR) is 87.2 cm³/mol. The molecule has 2 aliphatic rings. The van der Waals surface area contributed by atoms with Gasteiger partial charge >= 0.3 is 0 Å². The van der Waals surface area contributed by atoms with E-state index in [2.05, 4.69) is 10.00 Å². The summed E-state index contributed by atoms with van der Waals surface area (Å²) in [7, 11) is -1.11. The second kappa shape index (κ2) is 6.24. The Morgan fingerprint density at radius 2 is 1.91 bits per heavy atom. The topological polar surface area (TPSA) is 75.5 Å². The average molecular weight is 340 g/mol. The minimum absolute atomic E-state index is 0.0228. The van der Waals surface area contributed by atoms with Crippen molar-refractivity contribution in [1.29, 1.82) is 0 Å². The summed E-state index contributed by atoms with van der Waals surface area (Å²) >= 11 is 0. The van der Waals surface area contributed by atoms with E-state index in [1.54, 1.807) is 4.68 Å². The van der Waals surface area contributed by atoms with Crippen LogP contribution in [0.15, 0.2) is 6.07 Å². The highest BCUT2D eigenvalue weighted by Gasteiger charge is 2.30. The molecule has 1 aromatic rings. The van der Waals surface area contributed by atoms with Crippen molar-refractivity contribution in [3.05, 3.63) is 17.5 Å². The first kappa shape index (κ1) is 16.4. The highest BCUT2D eigenvalue weighted by Crippen LogP contribution is 2.39. The smallest absolute Gasteiger partial charge is 0.272 e. The molecular formula is C15H24N4O3S. The summed E-state index contributed by atoms with van der Waals surface area (Å²) < 4.78 is 24.1. The zero-order valence-electron chi connectivity index (χ0n) is 13.7. The van der Waals surface area contributed by atoms with Crippen LogP contribution in [0.2, 0.25) is 0 Å². The Hall–Kier alpha value is -1.41. The van der Waals surface area contributed by atoms with Gasteiger partial charge in [-0.1, -0.05) is 0 Å². The summed E-state index contributed by atoms with van der Waals surface area (Å²) in [4.78, 5) is 16.6. The van der Waals surface area contributed by atoms with Gasteiger partial charge in [-0.15, -0.1) is 0 Å². The standard InChI is InChI=1S/C15H24N4O3S/c1-17-14(11-13(16-17)12-3-4-12)15(20)19-7-5-18(6-8-19)9-10-23(2,21)22/h11-12H,3-10H2,1-2H3. The molecule has 23 heavy (non-hydrogen) atoms. The van der Waals surface area contributed by atoms with Crippen LogP contribution in [-0.4, -0.2) is 78.6 Å². The van der Waals surface area contributed by atoms with Crippen molar-refractivity contribution in [3.8, 4) is 0 Å². The van der Waals surface area contributed by atoms with Gasteiger partial charge in [-0.05, 0) is 18.9 Å². The third kappa shape index (κ3) is 4.11. The number of piperazine rings is 1. The number of aromatic nitrogens is 2. The van der Waals surface area contributed by atoms with Crippen LogP contribution in [0.5, 0.6) is 0 Å². The molecule has 2 fully saturated rings. The van der Waals surface area contributed by atoms with Crippen LogP contribution in [0.1, 0.15) is 34.9 Å². The molecule has 0 unspecified atom stereocenters. The molecule has 0 atom stereocenters. The summed E-state index contributed by atoms with van der Waals surface area (Å²) in [6, 6.07) is 1.93. The van der Waals surface area contributed by atoms with Crippen LogP contribution < -0.4 is 0 Å². The van der Waals surface area contributed by atoms with E-state index in [1.165, 1.54) is 19.1 Å². The van der Waals surface area contributed by atoms with E-state index in [0.717, 1.165) is 5.69 Å². The van der Waals surface area contributed by atoms with Gasteiger partial charge in [0.05, 0.1) is 11.4 Å². The predicted octanol–water partition coefficient (Wildman–Crippen LogP) is 0.0999. The number of sulfone groups is 1. The molecule has 1 aliphatic heterocycles. The molecule has 0 bridgehead atoms. The second-order valence-corrected chi connectivity index (χ2v) is 8.88. The van der Waals surface area contributed by atoms with Gasteiger partial charge in [-0.25, -0.2) is 8.42 Å². The molecule has 1 amide bonds. The van der Waals surface area contributed by atoms with Crippen molar-refractivity contribution in [1.82, 2.24) is 19.6 Å². The summed E-state index contributed by atoms with van der Waals surface area (Å²) in [5.74, 6) is 0.734. The Morgan fingerprint density at radius 3 is 2.48 bits per heavy atom. The maximum atomic E-state index is 12.7. The molecule has 7 nitrogen and oxygen atoms in total. The summed E-state index contributed by atoms with van der Waals surface area (Å²) in [5.41, 5.74) is 1.68. The number of hydrogen-bond donors (Lipinski definition) is 0. The minimum Gasteiger partial charge on any atom is -0.335 e. The Bertz CT molecular complexity index is 686. The van der Waals surface area contributed by atoms with Gasteiger partial charge in [0, 0.05) is 51.9 Å². The fourth-order valence-corrected chi connectivity index (χ4v) is 3.49. The number of nitrogens with zero attached hydrogens (tertiary/aromatic N) is 4. The van der Waals surface area contributed by atoms with E-state index in [0.29, 0.717) is 44.3 Å². The lowest BCUT2D eigenvalue weighted by Crippen LogP contribution is -2.49. The Kier molecular flexibility index (Phi) is 4.46. The first-order valence-corrected chi connectivity index (χ1v) is 10.1. The molecule has 0 aromatic carbocycles. The van der Waals surface area contributed by atoms with Gasteiger partial charge in [0.1, 0.15) is 15.5 Å². The third-order valence-electron chi connectivity index (χ3n) is 4.55. The van der Waals surface area contributed by atoms with E-state index in [4.69, 9.17) is 0 Å². The first-order chi connectivity index (χ1) is 10.8. The molecule has 2 heterocycles. The molecule has 128 valence electrons. The van der Waals surface area contributed by atoms with Crippen LogP contribution in [0.3, 0.4) is 0 Å². The molecule has 8 heteroatoms. The number of carbonyl (C=O) groups excluding carboxylic acids is 1. The van der Waals surface area contributed by atoms with E-state index >= 15 is 0 Å². The van der Waals surface area contributed by atoms with Crippen molar-refractivity contribution in [2.75, 3.05) is 44.7 Å². The second-order valence-electron chi connectivity index (χ2n) is 6.62. The average Bonchev–Trinajstić information content (AvgIpc) is 3.27. The molecule has 1 aliphatic carbocycles. The Labute approximate surface area is 137 Å². The maximum absolute atomic E-state index is 12.7. The first-order valence-electron chi connectivity index (χ1n) is 8.07. The number of hydrogen-bond acceptors (Lipinski definition) is 5. The number of amides is 1. The Morgan fingerprint density at radius 1 is 1.26 bits per heavy atom. The highest BCUT2D eigenvalue weighted by molar-refractivity contribution is 7.90. The molecule has 0 radical (unpaired) electrons. The van der Waals surface area contributed by atoms with Crippen molar-refractivity contribution in [2.24, 2.45) is 7.05 Å². The zero-order chi connectivity index (χ0) is 16.6. The lowest BCUT2D eigenvalue weighted by atomic mass is 10.2.